The molecule has 0 spiro atoms. The molecule has 4 aromatic rings. The van der Waals surface area contributed by atoms with Crippen LogP contribution in [0.25, 0.3) is 22.2 Å². The zero-order valence-corrected chi connectivity index (χ0v) is 20.0. The Morgan fingerprint density at radius 2 is 2.03 bits per heavy atom. The first-order chi connectivity index (χ1) is 17.0. The van der Waals surface area contributed by atoms with E-state index in [2.05, 4.69) is 31.1 Å². The summed E-state index contributed by atoms with van der Waals surface area (Å²) in [5.41, 5.74) is 11.1. The summed E-state index contributed by atoms with van der Waals surface area (Å²) in [5.74, 6) is 2.25. The maximum absolute atomic E-state index is 11.9. The standard InChI is InChI=1S/C26H30N6O3/c1-16(2)35-26(33)30-19-7-5-18(6-8-19)25-24(27)21-10-9-20(34-12-11-23-28-15-29-31-23)13-22(21)32(25)14-17-3-4-17/h5-10,13,15-17H,3-4,11-12,14,27H2,1-2H3,(H,30,33)(H,28,29,31). The highest BCUT2D eigenvalue weighted by atomic mass is 16.6. The maximum Gasteiger partial charge on any atom is 0.411 e. The number of H-pyrrole nitrogens is 1. The first-order valence-electron chi connectivity index (χ1n) is 11.9. The lowest BCUT2D eigenvalue weighted by atomic mass is 10.1. The van der Waals surface area contributed by atoms with Crippen LogP contribution >= 0.6 is 0 Å². The highest BCUT2D eigenvalue weighted by Gasteiger charge is 2.26. The van der Waals surface area contributed by atoms with Gasteiger partial charge in [0.1, 0.15) is 17.9 Å². The number of nitrogens with two attached hydrogens (primary N) is 1. The highest BCUT2D eigenvalue weighted by Crippen LogP contribution is 2.41. The molecule has 4 N–H and O–H groups in total. The van der Waals surface area contributed by atoms with E-state index in [0.717, 1.165) is 46.0 Å². The quantitative estimate of drug-likeness (QED) is 0.314. The Bertz CT molecular complexity index is 1310. The van der Waals surface area contributed by atoms with E-state index >= 15 is 0 Å². The van der Waals surface area contributed by atoms with Crippen LogP contribution in [0.3, 0.4) is 0 Å². The van der Waals surface area contributed by atoms with Crippen molar-refractivity contribution in [1.82, 2.24) is 19.7 Å². The second-order valence-corrected chi connectivity index (χ2v) is 9.18. The average Bonchev–Trinajstić information content (AvgIpc) is 3.42. The minimum absolute atomic E-state index is 0.178. The lowest BCUT2D eigenvalue weighted by Crippen LogP contribution is -2.17. The van der Waals surface area contributed by atoms with Gasteiger partial charge < -0.3 is 19.8 Å². The van der Waals surface area contributed by atoms with E-state index in [1.807, 2.05) is 50.2 Å². The molecular formula is C26H30N6O3. The van der Waals surface area contributed by atoms with Crippen LogP contribution in [0, 0.1) is 5.92 Å². The van der Waals surface area contributed by atoms with Gasteiger partial charge in [0.15, 0.2) is 0 Å². The van der Waals surface area contributed by atoms with Crippen molar-refractivity contribution in [2.45, 2.75) is 45.8 Å². The van der Waals surface area contributed by atoms with E-state index in [-0.39, 0.29) is 6.10 Å². The Kier molecular flexibility index (Phi) is 6.31. The molecule has 2 heterocycles. The maximum atomic E-state index is 11.9. The largest absolute Gasteiger partial charge is 0.493 e. The predicted octanol–water partition coefficient (Wildman–Crippen LogP) is 5.00. The van der Waals surface area contributed by atoms with Gasteiger partial charge in [0, 0.05) is 35.7 Å². The summed E-state index contributed by atoms with van der Waals surface area (Å²) in [4.78, 5) is 16.1. The predicted molar refractivity (Wildman–Crippen MR) is 135 cm³/mol. The Balaban J connectivity index is 1.41. The van der Waals surface area contributed by atoms with E-state index in [9.17, 15) is 4.79 Å². The number of amides is 1. The number of hydrogen-bond acceptors (Lipinski definition) is 6. The smallest absolute Gasteiger partial charge is 0.411 e. The summed E-state index contributed by atoms with van der Waals surface area (Å²) in [6.07, 6.45) is 3.96. The first kappa shape index (κ1) is 22.8. The van der Waals surface area contributed by atoms with Gasteiger partial charge in [-0.05, 0) is 56.9 Å². The van der Waals surface area contributed by atoms with Crippen molar-refractivity contribution in [3.05, 3.63) is 54.6 Å². The number of anilines is 2. The van der Waals surface area contributed by atoms with Gasteiger partial charge in [0.25, 0.3) is 0 Å². The fourth-order valence-corrected chi connectivity index (χ4v) is 4.19. The Labute approximate surface area is 203 Å². The number of rotatable bonds is 9. The number of hydrogen-bond donors (Lipinski definition) is 3. The number of fused-ring (bicyclic) bond motifs is 1. The molecule has 2 aromatic carbocycles. The van der Waals surface area contributed by atoms with E-state index in [0.29, 0.717) is 24.6 Å². The summed E-state index contributed by atoms with van der Waals surface area (Å²) in [6, 6.07) is 13.7. The molecule has 0 unspecified atom stereocenters. The van der Waals surface area contributed by atoms with Crippen LogP contribution in [0.1, 0.15) is 32.5 Å². The summed E-state index contributed by atoms with van der Waals surface area (Å²) in [5, 5.41) is 10.5. The van der Waals surface area contributed by atoms with Crippen LogP contribution in [-0.2, 0) is 17.7 Å². The monoisotopic (exact) mass is 474 g/mol. The van der Waals surface area contributed by atoms with Crippen molar-refractivity contribution in [2.75, 3.05) is 17.7 Å². The van der Waals surface area contributed by atoms with Gasteiger partial charge in [-0.3, -0.25) is 10.4 Å². The van der Waals surface area contributed by atoms with E-state index in [1.54, 1.807) is 0 Å². The third-order valence-electron chi connectivity index (χ3n) is 6.03. The molecule has 5 rings (SSSR count). The number of aromatic amines is 1. The molecule has 0 bridgehead atoms. The van der Waals surface area contributed by atoms with Gasteiger partial charge in [0.2, 0.25) is 0 Å². The SMILES string of the molecule is CC(C)OC(=O)Nc1ccc(-c2c(N)c3ccc(OCCc4ncn[nH]4)cc3n2CC2CC2)cc1. The van der Waals surface area contributed by atoms with E-state index in [4.69, 9.17) is 15.2 Å². The minimum Gasteiger partial charge on any atom is -0.493 e. The van der Waals surface area contributed by atoms with Crippen LogP contribution in [0.4, 0.5) is 16.2 Å². The van der Waals surface area contributed by atoms with Crippen molar-refractivity contribution in [1.29, 1.82) is 0 Å². The lowest BCUT2D eigenvalue weighted by Gasteiger charge is -2.13. The number of carbonyl (C=O) groups excluding carboxylic acids is 1. The van der Waals surface area contributed by atoms with Gasteiger partial charge in [-0.1, -0.05) is 12.1 Å². The van der Waals surface area contributed by atoms with Crippen molar-refractivity contribution < 1.29 is 14.3 Å². The highest BCUT2D eigenvalue weighted by molar-refractivity contribution is 6.01. The summed E-state index contributed by atoms with van der Waals surface area (Å²) >= 11 is 0. The average molecular weight is 475 g/mol. The van der Waals surface area contributed by atoms with Gasteiger partial charge in [-0.15, -0.1) is 0 Å². The van der Waals surface area contributed by atoms with Gasteiger partial charge in [-0.2, -0.15) is 5.10 Å². The second kappa shape index (κ2) is 9.69. The van der Waals surface area contributed by atoms with Gasteiger partial charge in [-0.25, -0.2) is 9.78 Å². The van der Waals surface area contributed by atoms with Gasteiger partial charge in [0.05, 0.1) is 29.6 Å². The molecule has 35 heavy (non-hydrogen) atoms. The Hall–Kier alpha value is -4.01. The zero-order chi connectivity index (χ0) is 24.4. The normalized spacial score (nSPS) is 13.3. The van der Waals surface area contributed by atoms with E-state index in [1.165, 1.54) is 19.2 Å². The molecule has 1 aliphatic rings. The van der Waals surface area contributed by atoms with Crippen LogP contribution in [-0.4, -0.2) is 38.6 Å². The number of nitrogens with zero attached hydrogens (tertiary/aromatic N) is 3. The fraction of sp³-hybridized carbons (Fsp3) is 0.346. The lowest BCUT2D eigenvalue weighted by molar-refractivity contribution is 0.130. The summed E-state index contributed by atoms with van der Waals surface area (Å²) < 4.78 is 13.5. The van der Waals surface area contributed by atoms with E-state index < -0.39 is 6.09 Å². The first-order valence-corrected chi connectivity index (χ1v) is 11.9. The van der Waals surface area contributed by atoms with Crippen molar-refractivity contribution in [3.8, 4) is 17.0 Å². The summed E-state index contributed by atoms with van der Waals surface area (Å²) in [7, 11) is 0. The molecular weight excluding hydrogens is 444 g/mol. The molecule has 182 valence electrons. The molecule has 2 aromatic heterocycles. The third kappa shape index (κ3) is 5.24. The fourth-order valence-electron chi connectivity index (χ4n) is 4.19. The molecule has 0 radical (unpaired) electrons. The topological polar surface area (TPSA) is 120 Å². The number of benzene rings is 2. The third-order valence-corrected chi connectivity index (χ3v) is 6.03. The minimum atomic E-state index is -0.467. The van der Waals surface area contributed by atoms with Crippen molar-refractivity contribution in [2.24, 2.45) is 5.92 Å². The van der Waals surface area contributed by atoms with Crippen LogP contribution in [0.15, 0.2) is 48.8 Å². The number of aromatic nitrogens is 4. The Morgan fingerprint density at radius 3 is 2.71 bits per heavy atom. The zero-order valence-electron chi connectivity index (χ0n) is 20.0. The molecule has 9 nitrogen and oxygen atoms in total. The van der Waals surface area contributed by atoms with Crippen LogP contribution in [0.5, 0.6) is 5.75 Å². The number of nitrogens with one attached hydrogen (secondary N) is 2. The number of ether oxygens (including phenoxy) is 2. The number of carbonyl (C=O) groups is 1. The molecule has 1 amide bonds. The number of nitrogen functional groups attached to an aromatic ring is 1. The molecule has 1 saturated carbocycles. The van der Waals surface area contributed by atoms with Crippen molar-refractivity contribution >= 4 is 28.4 Å². The van der Waals surface area contributed by atoms with Crippen LogP contribution in [0.2, 0.25) is 0 Å². The van der Waals surface area contributed by atoms with Crippen molar-refractivity contribution in [3.63, 3.8) is 0 Å². The molecule has 0 aliphatic heterocycles. The van der Waals surface area contributed by atoms with Gasteiger partial charge >= 0.3 is 6.09 Å². The van der Waals surface area contributed by atoms with Crippen LogP contribution < -0.4 is 15.8 Å². The molecule has 1 fully saturated rings. The molecule has 9 heteroatoms. The second-order valence-electron chi connectivity index (χ2n) is 9.18. The Morgan fingerprint density at radius 1 is 1.23 bits per heavy atom. The summed E-state index contributed by atoms with van der Waals surface area (Å²) in [6.45, 7) is 5.04. The molecule has 0 atom stereocenters. The molecule has 0 saturated heterocycles. The molecule has 1 aliphatic carbocycles.